The summed E-state index contributed by atoms with van der Waals surface area (Å²) in [7, 11) is 0. The lowest BCUT2D eigenvalue weighted by Crippen LogP contribution is -2.49. The number of carbonyl (C=O) groups excluding carboxylic acids is 1. The Kier molecular flexibility index (Phi) is 4.63. The summed E-state index contributed by atoms with van der Waals surface area (Å²) in [6.07, 6.45) is -3.27. The van der Waals surface area contributed by atoms with Crippen LogP contribution in [0.5, 0.6) is 0 Å². The van der Waals surface area contributed by atoms with Crippen molar-refractivity contribution in [1.82, 2.24) is 9.80 Å². The number of halogens is 3. The van der Waals surface area contributed by atoms with Crippen LogP contribution in [0.1, 0.15) is 25.7 Å². The Balaban J connectivity index is 1.90. The highest BCUT2D eigenvalue weighted by Crippen LogP contribution is 2.33. The molecule has 1 N–H and O–H groups in total. The molecule has 2 unspecified atom stereocenters. The zero-order valence-electron chi connectivity index (χ0n) is 11.6. The van der Waals surface area contributed by atoms with Crippen LogP contribution < -0.4 is 0 Å². The Morgan fingerprint density at radius 1 is 1.10 bits per heavy atom. The molecule has 2 heterocycles. The van der Waals surface area contributed by atoms with Gasteiger partial charge in [0.15, 0.2) is 0 Å². The largest absolute Gasteiger partial charge is 0.481 e. The van der Waals surface area contributed by atoms with Gasteiger partial charge in [-0.1, -0.05) is 0 Å². The minimum Gasteiger partial charge on any atom is -0.481 e. The molecule has 0 radical (unpaired) electrons. The lowest BCUT2D eigenvalue weighted by atomic mass is 9.98. The van der Waals surface area contributed by atoms with E-state index in [0.717, 1.165) is 0 Å². The van der Waals surface area contributed by atoms with E-state index in [9.17, 15) is 22.8 Å². The minimum absolute atomic E-state index is 0.00500. The topological polar surface area (TPSA) is 60.9 Å². The predicted molar refractivity (Wildman–Crippen MR) is 67.7 cm³/mol. The predicted octanol–water partition coefficient (Wildman–Crippen LogP) is 2.18. The number of hydrogen-bond acceptors (Lipinski definition) is 2. The van der Waals surface area contributed by atoms with Gasteiger partial charge in [0.2, 0.25) is 0 Å². The first-order valence-corrected chi connectivity index (χ1v) is 7.09. The molecule has 2 aliphatic rings. The molecule has 21 heavy (non-hydrogen) atoms. The highest BCUT2D eigenvalue weighted by atomic mass is 19.4. The van der Waals surface area contributed by atoms with Crippen molar-refractivity contribution in [1.29, 1.82) is 0 Å². The molecule has 0 aromatic rings. The molecule has 5 nitrogen and oxygen atoms in total. The second kappa shape index (κ2) is 6.11. The van der Waals surface area contributed by atoms with Gasteiger partial charge in [-0.05, 0) is 25.2 Å². The van der Waals surface area contributed by atoms with Gasteiger partial charge >= 0.3 is 18.2 Å². The Bertz CT molecular complexity index is 414. The molecule has 0 bridgehead atoms. The number of piperidine rings is 1. The van der Waals surface area contributed by atoms with Gasteiger partial charge in [-0.15, -0.1) is 0 Å². The van der Waals surface area contributed by atoms with E-state index in [1.54, 1.807) is 0 Å². The second-order valence-corrected chi connectivity index (χ2v) is 5.81. The number of hydrogen-bond donors (Lipinski definition) is 1. The molecule has 0 aromatic carbocycles. The van der Waals surface area contributed by atoms with Crippen molar-refractivity contribution in [3.63, 3.8) is 0 Å². The molecule has 2 atom stereocenters. The molecule has 0 aromatic heterocycles. The average Bonchev–Trinajstić information content (AvgIpc) is 2.84. The highest BCUT2D eigenvalue weighted by Gasteiger charge is 2.43. The Labute approximate surface area is 120 Å². The number of carboxylic acids is 1. The first-order chi connectivity index (χ1) is 9.77. The molecule has 2 aliphatic heterocycles. The number of carboxylic acid groups (broad SMARTS) is 1. The summed E-state index contributed by atoms with van der Waals surface area (Å²) in [6, 6.07) is -0.392. The van der Waals surface area contributed by atoms with E-state index in [-0.39, 0.29) is 25.3 Å². The fourth-order valence-electron chi connectivity index (χ4n) is 3.04. The number of likely N-dealkylation sites (tertiary alicyclic amines) is 2. The molecule has 2 fully saturated rings. The average molecular weight is 308 g/mol. The number of aliphatic carboxylic acids is 1. The number of urea groups is 1. The first kappa shape index (κ1) is 15.9. The van der Waals surface area contributed by atoms with E-state index in [4.69, 9.17) is 5.11 Å². The maximum absolute atomic E-state index is 12.7. The molecule has 120 valence electrons. The molecule has 8 heteroatoms. The molecular formula is C13H19F3N2O3. The summed E-state index contributed by atoms with van der Waals surface area (Å²) in [5.41, 5.74) is 0. The third kappa shape index (κ3) is 4.01. The zero-order chi connectivity index (χ0) is 15.6. The summed E-state index contributed by atoms with van der Waals surface area (Å²) >= 11 is 0. The molecule has 0 aliphatic carbocycles. The van der Waals surface area contributed by atoms with Gasteiger partial charge in [0, 0.05) is 32.6 Å². The van der Waals surface area contributed by atoms with Gasteiger partial charge in [0.25, 0.3) is 0 Å². The number of rotatable bonds is 2. The quantitative estimate of drug-likeness (QED) is 0.850. The van der Waals surface area contributed by atoms with Gasteiger partial charge in [-0.3, -0.25) is 4.79 Å². The van der Waals surface area contributed by atoms with Crippen molar-refractivity contribution in [3.05, 3.63) is 0 Å². The minimum atomic E-state index is -4.27. The highest BCUT2D eigenvalue weighted by molar-refractivity contribution is 5.75. The van der Waals surface area contributed by atoms with Crippen molar-refractivity contribution in [2.24, 2.45) is 11.8 Å². The van der Waals surface area contributed by atoms with Crippen LogP contribution >= 0.6 is 0 Å². The maximum atomic E-state index is 12.7. The molecule has 0 spiro atoms. The fraction of sp³-hybridized carbons (Fsp3) is 0.846. The van der Waals surface area contributed by atoms with Crippen LogP contribution in [0.4, 0.5) is 18.0 Å². The van der Waals surface area contributed by atoms with Gasteiger partial charge in [-0.2, -0.15) is 13.2 Å². The molecule has 0 saturated carbocycles. The lowest BCUT2D eigenvalue weighted by Gasteiger charge is -2.36. The normalized spacial score (nSPS) is 27.0. The molecule has 2 saturated heterocycles. The van der Waals surface area contributed by atoms with E-state index >= 15 is 0 Å². The van der Waals surface area contributed by atoms with Crippen LogP contribution in [0.3, 0.4) is 0 Å². The SMILES string of the molecule is O=C(O)CC1CCN(C(=O)N2CCCC(C(F)(F)F)C2)C1. The van der Waals surface area contributed by atoms with Crippen LogP contribution in [0.25, 0.3) is 0 Å². The van der Waals surface area contributed by atoms with Gasteiger partial charge in [-0.25, -0.2) is 4.79 Å². The molecular weight excluding hydrogens is 289 g/mol. The fourth-order valence-corrected chi connectivity index (χ4v) is 3.04. The monoisotopic (exact) mass is 308 g/mol. The van der Waals surface area contributed by atoms with Gasteiger partial charge in [0.05, 0.1) is 5.92 Å². The van der Waals surface area contributed by atoms with Crippen molar-refractivity contribution < 1.29 is 27.9 Å². The van der Waals surface area contributed by atoms with Crippen LogP contribution in [-0.4, -0.2) is 59.3 Å². The van der Waals surface area contributed by atoms with E-state index in [0.29, 0.717) is 32.5 Å². The Morgan fingerprint density at radius 2 is 1.76 bits per heavy atom. The van der Waals surface area contributed by atoms with E-state index in [1.165, 1.54) is 9.80 Å². The third-order valence-electron chi connectivity index (χ3n) is 4.17. The first-order valence-electron chi connectivity index (χ1n) is 7.09. The number of alkyl halides is 3. The Morgan fingerprint density at radius 3 is 2.38 bits per heavy atom. The van der Waals surface area contributed by atoms with Crippen LogP contribution in [0, 0.1) is 11.8 Å². The molecule has 2 rings (SSSR count). The summed E-state index contributed by atoms with van der Waals surface area (Å²) in [6.45, 7) is 0.788. The summed E-state index contributed by atoms with van der Waals surface area (Å²) < 4.78 is 38.2. The van der Waals surface area contributed by atoms with E-state index in [2.05, 4.69) is 0 Å². The standard InChI is InChI=1S/C13H19F3N2O3/c14-13(15,16)10-2-1-4-17(8-10)12(21)18-5-3-9(7-18)6-11(19)20/h9-10H,1-8H2,(H,19,20). The smallest absolute Gasteiger partial charge is 0.393 e. The van der Waals surface area contributed by atoms with Gasteiger partial charge in [0.1, 0.15) is 0 Å². The van der Waals surface area contributed by atoms with Crippen molar-refractivity contribution >= 4 is 12.0 Å². The Hall–Kier alpha value is -1.47. The third-order valence-corrected chi connectivity index (χ3v) is 4.17. The zero-order valence-corrected chi connectivity index (χ0v) is 11.6. The maximum Gasteiger partial charge on any atom is 0.393 e. The van der Waals surface area contributed by atoms with Crippen molar-refractivity contribution in [2.75, 3.05) is 26.2 Å². The second-order valence-electron chi connectivity index (χ2n) is 5.81. The van der Waals surface area contributed by atoms with Crippen LogP contribution in [0.15, 0.2) is 0 Å². The summed E-state index contributed by atoms with van der Waals surface area (Å²) in [4.78, 5) is 25.6. The van der Waals surface area contributed by atoms with Crippen molar-refractivity contribution in [2.45, 2.75) is 31.9 Å². The van der Waals surface area contributed by atoms with Gasteiger partial charge < -0.3 is 14.9 Å². The van der Waals surface area contributed by atoms with E-state index < -0.39 is 24.1 Å². The van der Waals surface area contributed by atoms with E-state index in [1.807, 2.05) is 0 Å². The van der Waals surface area contributed by atoms with Crippen LogP contribution in [-0.2, 0) is 4.79 Å². The number of nitrogens with zero attached hydrogens (tertiary/aromatic N) is 2. The lowest BCUT2D eigenvalue weighted by molar-refractivity contribution is -0.184. The van der Waals surface area contributed by atoms with Crippen molar-refractivity contribution in [3.8, 4) is 0 Å². The van der Waals surface area contributed by atoms with Crippen LogP contribution in [0.2, 0.25) is 0 Å². The summed E-state index contributed by atoms with van der Waals surface area (Å²) in [5.74, 6) is -2.47. The number of carbonyl (C=O) groups is 2. The molecule has 2 amide bonds. The number of amides is 2. The summed E-state index contributed by atoms with van der Waals surface area (Å²) in [5, 5.41) is 8.73.